The van der Waals surface area contributed by atoms with E-state index in [1.165, 1.54) is 6.92 Å². The first-order valence-electron chi connectivity index (χ1n) is 9.01. The number of hydrogen-bond acceptors (Lipinski definition) is 5. The third kappa shape index (κ3) is 5.32. The molecule has 29 heavy (non-hydrogen) atoms. The van der Waals surface area contributed by atoms with Crippen LogP contribution in [0.5, 0.6) is 5.75 Å². The fourth-order valence-corrected chi connectivity index (χ4v) is 2.74. The smallest absolute Gasteiger partial charge is 0.274 e. The van der Waals surface area contributed by atoms with E-state index < -0.39 is 0 Å². The van der Waals surface area contributed by atoms with Gasteiger partial charge in [0.2, 0.25) is 5.91 Å². The van der Waals surface area contributed by atoms with Crippen LogP contribution >= 0.6 is 0 Å². The number of anilines is 4. The van der Waals surface area contributed by atoms with E-state index in [1.807, 2.05) is 25.1 Å². The summed E-state index contributed by atoms with van der Waals surface area (Å²) in [5, 5.41) is 8.74. The van der Waals surface area contributed by atoms with Crippen molar-refractivity contribution in [3.8, 4) is 5.75 Å². The van der Waals surface area contributed by atoms with E-state index in [1.54, 1.807) is 49.7 Å². The number of rotatable bonds is 6. The summed E-state index contributed by atoms with van der Waals surface area (Å²) in [5.41, 5.74) is 4.14. The van der Waals surface area contributed by atoms with Gasteiger partial charge in [-0.25, -0.2) is 0 Å². The molecule has 2 aromatic carbocycles. The standard InChI is InChI=1S/C22H22N4O3/c1-14-4-9-21(29-3)19(12-14)25-18-10-11-23-20(13-18)22(28)26-17-7-5-16(6-8-17)24-15(2)27/h4-13H,1-3H3,(H,23,25)(H,24,27)(H,26,28). The molecule has 0 aliphatic carbocycles. The third-order valence-corrected chi connectivity index (χ3v) is 4.09. The van der Waals surface area contributed by atoms with Crippen LogP contribution in [0.2, 0.25) is 0 Å². The minimum atomic E-state index is -0.336. The molecule has 0 radical (unpaired) electrons. The van der Waals surface area contributed by atoms with Crippen LogP contribution in [0.15, 0.2) is 60.8 Å². The summed E-state index contributed by atoms with van der Waals surface area (Å²) in [7, 11) is 1.61. The molecular formula is C22H22N4O3. The lowest BCUT2D eigenvalue weighted by atomic mass is 10.2. The fraction of sp³-hybridized carbons (Fsp3) is 0.136. The molecule has 0 spiro atoms. The quantitative estimate of drug-likeness (QED) is 0.582. The van der Waals surface area contributed by atoms with E-state index in [2.05, 4.69) is 20.9 Å². The molecule has 1 heterocycles. The van der Waals surface area contributed by atoms with Gasteiger partial charge >= 0.3 is 0 Å². The van der Waals surface area contributed by atoms with Crippen LogP contribution in [-0.4, -0.2) is 23.9 Å². The molecule has 3 N–H and O–H groups in total. The maximum absolute atomic E-state index is 12.6. The molecule has 7 heteroatoms. The molecule has 0 saturated heterocycles. The van der Waals surface area contributed by atoms with Gasteiger partial charge < -0.3 is 20.7 Å². The third-order valence-electron chi connectivity index (χ3n) is 4.09. The summed E-state index contributed by atoms with van der Waals surface area (Å²) in [5.74, 6) is 0.218. The summed E-state index contributed by atoms with van der Waals surface area (Å²) < 4.78 is 5.38. The second-order valence-corrected chi connectivity index (χ2v) is 6.47. The molecule has 0 aliphatic rings. The lowest BCUT2D eigenvalue weighted by Gasteiger charge is -2.13. The van der Waals surface area contributed by atoms with Gasteiger partial charge in [-0.15, -0.1) is 0 Å². The lowest BCUT2D eigenvalue weighted by molar-refractivity contribution is -0.114. The van der Waals surface area contributed by atoms with Crippen molar-refractivity contribution in [2.45, 2.75) is 13.8 Å². The van der Waals surface area contributed by atoms with E-state index in [9.17, 15) is 9.59 Å². The minimum Gasteiger partial charge on any atom is -0.495 e. The van der Waals surface area contributed by atoms with Crippen LogP contribution in [-0.2, 0) is 4.79 Å². The topological polar surface area (TPSA) is 92.3 Å². The molecule has 3 aromatic rings. The zero-order valence-electron chi connectivity index (χ0n) is 16.4. The van der Waals surface area contributed by atoms with Crippen molar-refractivity contribution in [2.75, 3.05) is 23.1 Å². The predicted octanol–water partition coefficient (Wildman–Crippen LogP) is 4.35. The highest BCUT2D eigenvalue weighted by Crippen LogP contribution is 2.28. The first-order chi connectivity index (χ1) is 13.9. The highest BCUT2D eigenvalue weighted by molar-refractivity contribution is 6.03. The van der Waals surface area contributed by atoms with E-state index in [0.717, 1.165) is 16.9 Å². The molecule has 0 aliphatic heterocycles. The van der Waals surface area contributed by atoms with Crippen LogP contribution in [0.25, 0.3) is 0 Å². The maximum atomic E-state index is 12.6. The SMILES string of the molecule is COc1ccc(C)cc1Nc1ccnc(C(=O)Nc2ccc(NC(C)=O)cc2)c1. The summed E-state index contributed by atoms with van der Waals surface area (Å²) in [6, 6.07) is 16.1. The number of carbonyl (C=O) groups is 2. The number of aryl methyl sites for hydroxylation is 1. The van der Waals surface area contributed by atoms with Gasteiger partial charge in [0.15, 0.2) is 0 Å². The molecule has 0 fully saturated rings. The number of ether oxygens (including phenoxy) is 1. The van der Waals surface area contributed by atoms with E-state index in [4.69, 9.17) is 4.74 Å². The number of pyridine rings is 1. The van der Waals surface area contributed by atoms with Crippen molar-refractivity contribution >= 4 is 34.6 Å². The van der Waals surface area contributed by atoms with Gasteiger partial charge in [-0.05, 0) is 61.0 Å². The molecular weight excluding hydrogens is 368 g/mol. The number of carbonyl (C=O) groups excluding carboxylic acids is 2. The van der Waals surface area contributed by atoms with Crippen LogP contribution in [0.4, 0.5) is 22.7 Å². The van der Waals surface area contributed by atoms with Gasteiger partial charge in [-0.3, -0.25) is 14.6 Å². The summed E-state index contributed by atoms with van der Waals surface area (Å²) >= 11 is 0. The molecule has 1 aromatic heterocycles. The lowest BCUT2D eigenvalue weighted by Crippen LogP contribution is -2.14. The van der Waals surface area contributed by atoms with Gasteiger partial charge in [0.05, 0.1) is 12.8 Å². The zero-order chi connectivity index (χ0) is 20.8. The first-order valence-corrected chi connectivity index (χ1v) is 9.01. The number of nitrogens with one attached hydrogen (secondary N) is 3. The average Bonchev–Trinajstić information content (AvgIpc) is 2.69. The van der Waals surface area contributed by atoms with E-state index in [0.29, 0.717) is 17.1 Å². The van der Waals surface area contributed by atoms with Gasteiger partial charge in [0.1, 0.15) is 11.4 Å². The molecule has 2 amide bonds. The normalized spacial score (nSPS) is 10.2. The first kappa shape index (κ1) is 19.9. The van der Waals surface area contributed by atoms with Crippen molar-refractivity contribution in [1.29, 1.82) is 0 Å². The average molecular weight is 390 g/mol. The number of methoxy groups -OCH3 is 1. The van der Waals surface area contributed by atoms with Gasteiger partial charge in [0.25, 0.3) is 5.91 Å². The number of amides is 2. The van der Waals surface area contributed by atoms with Gasteiger partial charge in [-0.2, -0.15) is 0 Å². The number of hydrogen-bond donors (Lipinski definition) is 3. The molecule has 3 rings (SSSR count). The Morgan fingerprint density at radius 1 is 0.897 bits per heavy atom. The second kappa shape index (κ2) is 8.88. The van der Waals surface area contributed by atoms with Crippen molar-refractivity contribution in [3.05, 3.63) is 72.1 Å². The highest BCUT2D eigenvalue weighted by atomic mass is 16.5. The largest absolute Gasteiger partial charge is 0.495 e. The second-order valence-electron chi connectivity index (χ2n) is 6.47. The Morgan fingerprint density at radius 2 is 1.59 bits per heavy atom. The Kier molecular flexibility index (Phi) is 6.09. The van der Waals surface area contributed by atoms with E-state index in [-0.39, 0.29) is 17.5 Å². The Bertz CT molecular complexity index is 1030. The predicted molar refractivity (Wildman–Crippen MR) is 114 cm³/mol. The van der Waals surface area contributed by atoms with Crippen molar-refractivity contribution < 1.29 is 14.3 Å². The minimum absolute atomic E-state index is 0.152. The van der Waals surface area contributed by atoms with Crippen molar-refractivity contribution in [3.63, 3.8) is 0 Å². The highest BCUT2D eigenvalue weighted by Gasteiger charge is 2.10. The summed E-state index contributed by atoms with van der Waals surface area (Å²) in [4.78, 5) is 27.8. The zero-order valence-corrected chi connectivity index (χ0v) is 16.4. The fourth-order valence-electron chi connectivity index (χ4n) is 2.74. The Labute approximate surface area is 169 Å². The molecule has 148 valence electrons. The van der Waals surface area contributed by atoms with Crippen LogP contribution in [0, 0.1) is 6.92 Å². The van der Waals surface area contributed by atoms with Gasteiger partial charge in [0, 0.05) is 30.2 Å². The van der Waals surface area contributed by atoms with Crippen molar-refractivity contribution in [1.82, 2.24) is 4.98 Å². The molecule has 0 unspecified atom stereocenters. The van der Waals surface area contributed by atoms with Gasteiger partial charge in [-0.1, -0.05) is 6.07 Å². The van der Waals surface area contributed by atoms with Crippen LogP contribution < -0.4 is 20.7 Å². The van der Waals surface area contributed by atoms with E-state index >= 15 is 0 Å². The van der Waals surface area contributed by atoms with Crippen LogP contribution in [0.1, 0.15) is 23.0 Å². The summed E-state index contributed by atoms with van der Waals surface area (Å²) in [6.45, 7) is 3.43. The maximum Gasteiger partial charge on any atom is 0.274 e. The number of aromatic nitrogens is 1. The monoisotopic (exact) mass is 390 g/mol. The molecule has 0 saturated carbocycles. The Hall–Kier alpha value is -3.87. The molecule has 7 nitrogen and oxygen atoms in total. The number of nitrogens with zero attached hydrogens (tertiary/aromatic N) is 1. The summed E-state index contributed by atoms with van der Waals surface area (Å²) in [6.07, 6.45) is 1.57. The number of benzene rings is 2. The molecule has 0 bridgehead atoms. The van der Waals surface area contributed by atoms with Crippen molar-refractivity contribution in [2.24, 2.45) is 0 Å². The Balaban J connectivity index is 1.73. The Morgan fingerprint density at radius 3 is 2.24 bits per heavy atom. The molecule has 0 atom stereocenters. The van der Waals surface area contributed by atoms with Crippen LogP contribution in [0.3, 0.4) is 0 Å².